The van der Waals surface area contributed by atoms with Crippen molar-refractivity contribution in [1.29, 1.82) is 0 Å². The van der Waals surface area contributed by atoms with Crippen molar-refractivity contribution in [2.75, 3.05) is 13.1 Å². The van der Waals surface area contributed by atoms with Gasteiger partial charge in [-0.05, 0) is 42.9 Å². The number of nitrogens with zero attached hydrogens (tertiary/aromatic N) is 4. The molecule has 0 aliphatic carbocycles. The quantitative estimate of drug-likeness (QED) is 0.732. The number of para-hydroxylation sites is 1. The van der Waals surface area contributed by atoms with E-state index in [0.717, 1.165) is 41.0 Å². The highest BCUT2D eigenvalue weighted by molar-refractivity contribution is 7.08. The molecule has 0 radical (unpaired) electrons. The molecule has 1 unspecified atom stereocenters. The predicted molar refractivity (Wildman–Crippen MR) is 107 cm³/mol. The molecule has 7 nitrogen and oxygen atoms in total. The number of nitrogens with two attached hydrogens (primary N) is 1. The van der Waals surface area contributed by atoms with Crippen molar-refractivity contribution in [3.63, 3.8) is 0 Å². The fourth-order valence-corrected chi connectivity index (χ4v) is 4.49. The van der Waals surface area contributed by atoms with Crippen molar-refractivity contribution in [3.05, 3.63) is 52.2 Å². The summed E-state index contributed by atoms with van der Waals surface area (Å²) in [4.78, 5) is 32.2. The molecule has 2 aromatic heterocycles. The summed E-state index contributed by atoms with van der Waals surface area (Å²) in [7, 11) is 0. The fourth-order valence-electron chi connectivity index (χ4n) is 3.77. The zero-order valence-corrected chi connectivity index (χ0v) is 16.4. The minimum atomic E-state index is -0.489. The molecule has 1 aliphatic heterocycles. The summed E-state index contributed by atoms with van der Waals surface area (Å²) in [6.07, 6.45) is 2.38. The third-order valence-corrected chi connectivity index (χ3v) is 5.96. The second-order valence-electron chi connectivity index (χ2n) is 6.97. The molecule has 2 N–H and O–H groups in total. The number of likely N-dealkylation sites (tertiary alicyclic amines) is 1. The largest absolute Gasteiger partial charge is 0.366 e. The van der Waals surface area contributed by atoms with Crippen molar-refractivity contribution in [2.24, 2.45) is 5.73 Å². The Morgan fingerprint density at radius 3 is 2.93 bits per heavy atom. The van der Waals surface area contributed by atoms with Crippen LogP contribution in [0.2, 0.25) is 0 Å². The van der Waals surface area contributed by atoms with Crippen molar-refractivity contribution < 1.29 is 9.59 Å². The maximum absolute atomic E-state index is 13.0. The highest BCUT2D eigenvalue weighted by Crippen LogP contribution is 2.31. The lowest BCUT2D eigenvalue weighted by Crippen LogP contribution is -2.39. The van der Waals surface area contributed by atoms with Gasteiger partial charge in [0.05, 0.1) is 22.5 Å². The Kier molecular flexibility index (Phi) is 5.04. The first-order valence-corrected chi connectivity index (χ1v) is 10.2. The lowest BCUT2D eigenvalue weighted by atomic mass is 9.90. The molecular formula is C20H21N5O2S. The molecule has 4 rings (SSSR count). The molecule has 0 bridgehead atoms. The summed E-state index contributed by atoms with van der Waals surface area (Å²) in [5.41, 5.74) is 8.33. The number of hydrogen-bond donors (Lipinski definition) is 1. The van der Waals surface area contributed by atoms with E-state index in [-0.39, 0.29) is 11.8 Å². The number of pyridine rings is 1. The molecule has 1 aromatic carbocycles. The van der Waals surface area contributed by atoms with E-state index in [4.69, 9.17) is 10.7 Å². The van der Waals surface area contributed by atoms with Gasteiger partial charge in [-0.1, -0.05) is 29.6 Å². The van der Waals surface area contributed by atoms with Crippen LogP contribution in [0.1, 0.15) is 57.1 Å². The Morgan fingerprint density at radius 1 is 1.32 bits per heavy atom. The molecule has 3 aromatic rings. The zero-order valence-electron chi connectivity index (χ0n) is 15.6. The molecule has 3 heterocycles. The summed E-state index contributed by atoms with van der Waals surface area (Å²) < 4.78 is 3.93. The molecule has 8 heteroatoms. The lowest BCUT2D eigenvalue weighted by Gasteiger charge is -2.33. The van der Waals surface area contributed by atoms with Gasteiger partial charge in [-0.25, -0.2) is 0 Å². The monoisotopic (exact) mass is 395 g/mol. The average Bonchev–Trinajstić information content (AvgIpc) is 3.21. The van der Waals surface area contributed by atoms with Gasteiger partial charge in [0, 0.05) is 24.4 Å². The van der Waals surface area contributed by atoms with Crippen LogP contribution in [0.15, 0.2) is 30.3 Å². The van der Waals surface area contributed by atoms with E-state index in [1.807, 2.05) is 42.2 Å². The molecule has 1 aliphatic rings. The van der Waals surface area contributed by atoms with Gasteiger partial charge in [0.15, 0.2) is 0 Å². The molecule has 0 saturated carbocycles. The number of carbonyl (C=O) groups is 2. The van der Waals surface area contributed by atoms with Crippen molar-refractivity contribution >= 4 is 34.2 Å². The van der Waals surface area contributed by atoms with Crippen LogP contribution in [0.3, 0.4) is 0 Å². The van der Waals surface area contributed by atoms with Crippen molar-refractivity contribution in [1.82, 2.24) is 19.5 Å². The molecule has 28 heavy (non-hydrogen) atoms. The number of carbonyl (C=O) groups excluding carboxylic acids is 2. The molecule has 1 fully saturated rings. The van der Waals surface area contributed by atoms with E-state index >= 15 is 0 Å². The third-order valence-electron chi connectivity index (χ3n) is 5.20. The summed E-state index contributed by atoms with van der Waals surface area (Å²) in [5.74, 6) is -0.564. The number of fused-ring (bicyclic) bond motifs is 1. The van der Waals surface area contributed by atoms with Gasteiger partial charge in [-0.15, -0.1) is 5.10 Å². The number of amides is 2. The number of benzene rings is 1. The second-order valence-corrected chi connectivity index (χ2v) is 7.72. The fraction of sp³-hybridized carbons (Fsp3) is 0.350. The number of piperidine rings is 1. The SMILES string of the molecule is CCc1nnsc1C(=O)N1CCCC(c2nc3ccccc3cc2C(N)=O)C1. The summed E-state index contributed by atoms with van der Waals surface area (Å²) >= 11 is 1.14. The van der Waals surface area contributed by atoms with Crippen LogP contribution in [0.4, 0.5) is 0 Å². The van der Waals surface area contributed by atoms with Gasteiger partial charge in [-0.3, -0.25) is 14.6 Å². The van der Waals surface area contributed by atoms with Gasteiger partial charge in [0.1, 0.15) is 4.88 Å². The van der Waals surface area contributed by atoms with Crippen LogP contribution < -0.4 is 5.73 Å². The standard InChI is InChI=1S/C20H21N5O2S/c1-2-15-18(28-24-23-15)20(27)25-9-5-7-13(11-25)17-14(19(21)26)10-12-6-3-4-8-16(12)22-17/h3-4,6,8,10,13H,2,5,7,9,11H2,1H3,(H2,21,26). The topological polar surface area (TPSA) is 102 Å². The average molecular weight is 395 g/mol. The van der Waals surface area contributed by atoms with E-state index in [0.29, 0.717) is 35.6 Å². The zero-order chi connectivity index (χ0) is 19.7. The van der Waals surface area contributed by atoms with E-state index in [9.17, 15) is 9.59 Å². The predicted octanol–water partition coefficient (Wildman–Crippen LogP) is 2.77. The van der Waals surface area contributed by atoms with Gasteiger partial charge in [0.25, 0.3) is 11.8 Å². The number of aryl methyl sites for hydroxylation is 1. The maximum Gasteiger partial charge on any atom is 0.267 e. The number of aromatic nitrogens is 3. The molecule has 1 atom stereocenters. The lowest BCUT2D eigenvalue weighted by molar-refractivity contribution is 0.0709. The second kappa shape index (κ2) is 7.63. The van der Waals surface area contributed by atoms with Crippen LogP contribution in [-0.4, -0.2) is 44.4 Å². The van der Waals surface area contributed by atoms with Crippen molar-refractivity contribution in [2.45, 2.75) is 32.1 Å². The third kappa shape index (κ3) is 3.35. The van der Waals surface area contributed by atoms with Crippen LogP contribution in [0.5, 0.6) is 0 Å². The maximum atomic E-state index is 13.0. The van der Waals surface area contributed by atoms with Crippen LogP contribution in [-0.2, 0) is 6.42 Å². The van der Waals surface area contributed by atoms with Gasteiger partial charge in [0.2, 0.25) is 0 Å². The highest BCUT2D eigenvalue weighted by Gasteiger charge is 2.30. The Morgan fingerprint density at radius 2 is 2.14 bits per heavy atom. The highest BCUT2D eigenvalue weighted by atomic mass is 32.1. The Balaban J connectivity index is 1.67. The van der Waals surface area contributed by atoms with Crippen LogP contribution >= 0.6 is 11.5 Å². The Bertz CT molecular complexity index is 1050. The smallest absolute Gasteiger partial charge is 0.267 e. The molecule has 144 valence electrons. The van der Waals surface area contributed by atoms with E-state index in [2.05, 4.69) is 9.59 Å². The molecule has 2 amide bonds. The molecule has 0 spiro atoms. The summed E-state index contributed by atoms with van der Waals surface area (Å²) in [6, 6.07) is 9.47. The van der Waals surface area contributed by atoms with Crippen LogP contribution in [0, 0.1) is 0 Å². The molecular weight excluding hydrogens is 374 g/mol. The van der Waals surface area contributed by atoms with Gasteiger partial charge in [-0.2, -0.15) is 0 Å². The number of rotatable bonds is 4. The summed E-state index contributed by atoms with van der Waals surface area (Å²) in [5, 5.41) is 4.93. The van der Waals surface area contributed by atoms with E-state index in [1.165, 1.54) is 0 Å². The van der Waals surface area contributed by atoms with Gasteiger partial charge < -0.3 is 10.6 Å². The van der Waals surface area contributed by atoms with Gasteiger partial charge >= 0.3 is 0 Å². The number of hydrogen-bond acceptors (Lipinski definition) is 6. The Hall–Kier alpha value is -2.87. The first-order valence-electron chi connectivity index (χ1n) is 9.38. The minimum absolute atomic E-state index is 0.0317. The summed E-state index contributed by atoms with van der Waals surface area (Å²) in [6.45, 7) is 3.14. The normalized spacial score (nSPS) is 17.0. The van der Waals surface area contributed by atoms with E-state index in [1.54, 1.807) is 0 Å². The first-order chi connectivity index (χ1) is 13.6. The molecule has 1 saturated heterocycles. The van der Waals surface area contributed by atoms with E-state index < -0.39 is 5.91 Å². The van der Waals surface area contributed by atoms with Crippen LogP contribution in [0.25, 0.3) is 10.9 Å². The number of primary amides is 1. The Labute approximate surface area is 166 Å². The minimum Gasteiger partial charge on any atom is -0.366 e. The van der Waals surface area contributed by atoms with Crippen molar-refractivity contribution in [3.8, 4) is 0 Å². The first kappa shape index (κ1) is 18.5.